The van der Waals surface area contributed by atoms with E-state index in [2.05, 4.69) is 72.7 Å². The molecule has 0 radical (unpaired) electrons. The summed E-state index contributed by atoms with van der Waals surface area (Å²) >= 11 is 1.46. The van der Waals surface area contributed by atoms with Crippen LogP contribution in [0.15, 0.2) is 53.7 Å². The minimum atomic E-state index is 0.0899. The van der Waals surface area contributed by atoms with Crippen LogP contribution in [0, 0.1) is 13.8 Å². The lowest BCUT2D eigenvalue weighted by Gasteiger charge is -2.10. The average Bonchev–Trinajstić information content (AvgIpc) is 3.38. The van der Waals surface area contributed by atoms with Crippen LogP contribution < -0.4 is 5.32 Å². The van der Waals surface area contributed by atoms with Crippen molar-refractivity contribution < 1.29 is 4.79 Å². The third-order valence-corrected chi connectivity index (χ3v) is 6.28. The molecule has 4 rings (SSSR count). The van der Waals surface area contributed by atoms with Crippen molar-refractivity contribution in [3.8, 4) is 22.5 Å². The summed E-state index contributed by atoms with van der Waals surface area (Å²) in [6.07, 6.45) is 4.64. The van der Waals surface area contributed by atoms with Crippen molar-refractivity contribution in [2.45, 2.75) is 50.7 Å². The number of amides is 1. The summed E-state index contributed by atoms with van der Waals surface area (Å²) in [6.45, 7) is 4.17. The summed E-state index contributed by atoms with van der Waals surface area (Å²) < 4.78 is 0. The first-order valence-electron chi connectivity index (χ1n) is 10.2. The minimum absolute atomic E-state index is 0.0899. The van der Waals surface area contributed by atoms with E-state index in [0.717, 1.165) is 40.5 Å². The molecule has 2 N–H and O–H groups in total. The Morgan fingerprint density at radius 1 is 1.00 bits per heavy atom. The predicted molar refractivity (Wildman–Crippen MR) is 120 cm³/mol. The van der Waals surface area contributed by atoms with Crippen molar-refractivity contribution in [3.63, 3.8) is 0 Å². The Morgan fingerprint density at radius 3 is 2.21 bits per heavy atom. The molecular weight excluding hydrogens is 378 g/mol. The molecule has 1 aromatic heterocycles. The van der Waals surface area contributed by atoms with Gasteiger partial charge >= 0.3 is 0 Å². The van der Waals surface area contributed by atoms with Gasteiger partial charge < -0.3 is 10.3 Å². The largest absolute Gasteiger partial charge is 0.353 e. The smallest absolute Gasteiger partial charge is 0.230 e. The number of hydrogen-bond acceptors (Lipinski definition) is 3. The van der Waals surface area contributed by atoms with Gasteiger partial charge in [-0.05, 0) is 26.7 Å². The summed E-state index contributed by atoms with van der Waals surface area (Å²) in [7, 11) is 0. The van der Waals surface area contributed by atoms with Gasteiger partial charge in [-0.3, -0.25) is 4.79 Å². The summed E-state index contributed by atoms with van der Waals surface area (Å²) in [6, 6.07) is 17.2. The van der Waals surface area contributed by atoms with Crippen molar-refractivity contribution in [1.29, 1.82) is 0 Å². The number of rotatable bonds is 6. The van der Waals surface area contributed by atoms with Gasteiger partial charge in [0.05, 0.1) is 17.1 Å². The molecule has 1 heterocycles. The van der Waals surface area contributed by atoms with Crippen molar-refractivity contribution in [2.24, 2.45) is 0 Å². The quantitative estimate of drug-likeness (QED) is 0.532. The minimum Gasteiger partial charge on any atom is -0.353 e. The van der Waals surface area contributed by atoms with Crippen LogP contribution in [0.2, 0.25) is 0 Å². The Hall–Kier alpha value is -2.53. The lowest BCUT2D eigenvalue weighted by Crippen LogP contribution is -2.33. The molecule has 0 unspecified atom stereocenters. The Morgan fingerprint density at radius 2 is 1.59 bits per heavy atom. The molecule has 1 aliphatic carbocycles. The molecule has 1 fully saturated rings. The predicted octanol–water partition coefficient (Wildman–Crippen LogP) is 5.51. The fraction of sp³-hybridized carbons (Fsp3) is 0.333. The van der Waals surface area contributed by atoms with Crippen molar-refractivity contribution >= 4 is 17.7 Å². The van der Waals surface area contributed by atoms with E-state index in [1.54, 1.807) is 0 Å². The topological polar surface area (TPSA) is 57.8 Å². The van der Waals surface area contributed by atoms with Crippen molar-refractivity contribution in [2.75, 3.05) is 5.75 Å². The van der Waals surface area contributed by atoms with Crippen LogP contribution in [0.4, 0.5) is 0 Å². The number of imidazole rings is 1. The molecule has 1 saturated carbocycles. The molecule has 29 heavy (non-hydrogen) atoms. The fourth-order valence-corrected chi connectivity index (χ4v) is 4.42. The number of carbonyl (C=O) groups is 1. The van der Waals surface area contributed by atoms with E-state index in [-0.39, 0.29) is 5.91 Å². The second kappa shape index (κ2) is 8.87. The summed E-state index contributed by atoms with van der Waals surface area (Å²) in [5.74, 6) is 0.470. The summed E-state index contributed by atoms with van der Waals surface area (Å²) in [4.78, 5) is 20.6. The number of aromatic amines is 1. The first-order valence-corrected chi connectivity index (χ1v) is 11.2. The number of benzene rings is 2. The van der Waals surface area contributed by atoms with Gasteiger partial charge in [-0.2, -0.15) is 0 Å². The Balaban J connectivity index is 1.56. The number of thioether (sulfide) groups is 1. The lowest BCUT2D eigenvalue weighted by molar-refractivity contribution is -0.119. The second-order valence-electron chi connectivity index (χ2n) is 7.84. The number of H-pyrrole nitrogens is 1. The lowest BCUT2D eigenvalue weighted by atomic mass is 10.0. The van der Waals surface area contributed by atoms with Gasteiger partial charge in [0.25, 0.3) is 0 Å². The molecule has 1 aliphatic rings. The standard InChI is InChI=1S/C24H27N3OS/c1-16-7-11-18(12-8-16)22-23(19-13-9-17(2)10-14-19)27-24(26-22)29-15-21(28)25-20-5-3-4-6-20/h7-14,20H,3-6,15H2,1-2H3,(H,25,28)(H,26,27). The van der Waals surface area contributed by atoms with Crippen LogP contribution in [0.1, 0.15) is 36.8 Å². The monoisotopic (exact) mass is 405 g/mol. The number of nitrogens with zero attached hydrogens (tertiary/aromatic N) is 1. The maximum absolute atomic E-state index is 12.3. The number of hydrogen-bond donors (Lipinski definition) is 2. The Kier molecular flexibility index (Phi) is 6.05. The SMILES string of the molecule is Cc1ccc(-c2nc(SCC(=O)NC3CCCC3)[nH]c2-c2ccc(C)cc2)cc1. The van der Waals surface area contributed by atoms with Gasteiger partial charge in [-0.25, -0.2) is 4.98 Å². The molecule has 2 aromatic carbocycles. The molecule has 0 aliphatic heterocycles. The first-order chi connectivity index (χ1) is 14.1. The van der Waals surface area contributed by atoms with Gasteiger partial charge in [-0.1, -0.05) is 84.3 Å². The third-order valence-electron chi connectivity index (χ3n) is 5.41. The van der Waals surface area contributed by atoms with Gasteiger partial charge in [0, 0.05) is 17.2 Å². The molecule has 150 valence electrons. The van der Waals surface area contributed by atoms with Crippen LogP contribution in [0.25, 0.3) is 22.5 Å². The van der Waals surface area contributed by atoms with Gasteiger partial charge in [0.1, 0.15) is 0 Å². The zero-order valence-corrected chi connectivity index (χ0v) is 17.8. The zero-order chi connectivity index (χ0) is 20.2. The summed E-state index contributed by atoms with van der Waals surface area (Å²) in [5, 5.41) is 3.92. The number of carbonyl (C=O) groups excluding carboxylic acids is 1. The normalized spacial score (nSPS) is 14.3. The third kappa shape index (κ3) is 4.91. The zero-order valence-electron chi connectivity index (χ0n) is 17.0. The molecule has 4 nitrogen and oxygen atoms in total. The van der Waals surface area contributed by atoms with Crippen LogP contribution in [-0.4, -0.2) is 27.7 Å². The highest BCUT2D eigenvalue weighted by atomic mass is 32.2. The Bertz CT molecular complexity index is 907. The van der Waals surface area contributed by atoms with E-state index in [1.165, 1.54) is 35.7 Å². The molecule has 0 atom stereocenters. The van der Waals surface area contributed by atoms with E-state index >= 15 is 0 Å². The molecule has 1 amide bonds. The van der Waals surface area contributed by atoms with Crippen molar-refractivity contribution in [3.05, 3.63) is 59.7 Å². The maximum Gasteiger partial charge on any atom is 0.230 e. The summed E-state index contributed by atoms with van der Waals surface area (Å²) in [5.41, 5.74) is 6.54. The van der Waals surface area contributed by atoms with E-state index in [1.807, 2.05) is 0 Å². The molecule has 5 heteroatoms. The molecular formula is C24H27N3OS. The van der Waals surface area contributed by atoms with E-state index in [0.29, 0.717) is 11.8 Å². The van der Waals surface area contributed by atoms with Gasteiger partial charge in [0.2, 0.25) is 5.91 Å². The molecule has 0 bridgehead atoms. The fourth-order valence-electron chi connectivity index (χ4n) is 3.74. The number of aromatic nitrogens is 2. The van der Waals surface area contributed by atoms with Gasteiger partial charge in [-0.15, -0.1) is 0 Å². The first kappa shape index (κ1) is 19.8. The molecule has 0 spiro atoms. The maximum atomic E-state index is 12.3. The van der Waals surface area contributed by atoms with E-state index in [9.17, 15) is 4.79 Å². The van der Waals surface area contributed by atoms with Crippen LogP contribution in [0.3, 0.4) is 0 Å². The van der Waals surface area contributed by atoms with Crippen LogP contribution in [-0.2, 0) is 4.79 Å². The highest BCUT2D eigenvalue weighted by Crippen LogP contribution is 2.33. The van der Waals surface area contributed by atoms with E-state index < -0.39 is 0 Å². The average molecular weight is 406 g/mol. The van der Waals surface area contributed by atoms with E-state index in [4.69, 9.17) is 4.98 Å². The number of aryl methyl sites for hydroxylation is 2. The van der Waals surface area contributed by atoms with Crippen LogP contribution >= 0.6 is 11.8 Å². The number of nitrogens with one attached hydrogen (secondary N) is 2. The molecule has 3 aromatic rings. The second-order valence-corrected chi connectivity index (χ2v) is 8.80. The van der Waals surface area contributed by atoms with Crippen LogP contribution in [0.5, 0.6) is 0 Å². The van der Waals surface area contributed by atoms with Crippen molar-refractivity contribution in [1.82, 2.24) is 15.3 Å². The molecule has 0 saturated heterocycles. The van der Waals surface area contributed by atoms with Gasteiger partial charge in [0.15, 0.2) is 5.16 Å². The highest BCUT2D eigenvalue weighted by Gasteiger charge is 2.19. The Labute approximate surface area is 176 Å². The highest BCUT2D eigenvalue weighted by molar-refractivity contribution is 7.99.